The van der Waals surface area contributed by atoms with Crippen molar-refractivity contribution in [2.45, 2.75) is 0 Å². The monoisotopic (exact) mass is 252 g/mol. The lowest BCUT2D eigenvalue weighted by Crippen LogP contribution is -2.04. The maximum Gasteiger partial charge on any atom is 0.390 e. The van der Waals surface area contributed by atoms with Crippen LogP contribution in [-0.4, -0.2) is 13.1 Å². The van der Waals surface area contributed by atoms with Crippen molar-refractivity contribution in [3.05, 3.63) is 60.2 Å². The Balaban J connectivity index is 2.04. The van der Waals surface area contributed by atoms with Gasteiger partial charge in [0, 0.05) is 17.6 Å². The van der Waals surface area contributed by atoms with Crippen molar-refractivity contribution in [2.75, 3.05) is 7.11 Å². The summed E-state index contributed by atoms with van der Waals surface area (Å²) in [5.74, 6) is 5.61. The van der Waals surface area contributed by atoms with Gasteiger partial charge in [-0.15, -0.1) is 0 Å². The van der Waals surface area contributed by atoms with Gasteiger partial charge in [0.2, 0.25) is 0 Å². The van der Waals surface area contributed by atoms with Crippen molar-refractivity contribution in [3.63, 3.8) is 0 Å². The minimum absolute atomic E-state index is 0.409. The molecule has 19 heavy (non-hydrogen) atoms. The summed E-state index contributed by atoms with van der Waals surface area (Å²) in [6.07, 6.45) is 0. The van der Waals surface area contributed by atoms with E-state index in [-0.39, 0.29) is 0 Å². The van der Waals surface area contributed by atoms with Gasteiger partial charge in [-0.2, -0.15) is 0 Å². The number of methoxy groups -OCH3 is 1. The molecule has 0 spiro atoms. The number of esters is 1. The molecule has 3 heteroatoms. The van der Waals surface area contributed by atoms with E-state index in [9.17, 15) is 4.79 Å². The molecule has 0 aliphatic carbocycles. The molecule has 2 aromatic carbocycles. The van der Waals surface area contributed by atoms with Gasteiger partial charge in [0.1, 0.15) is 11.5 Å². The third kappa shape index (κ3) is 3.90. The number of carbonyl (C=O) groups excluding carboxylic acids is 1. The standard InChI is InChI=1S/C16H12O3/c1-18-14-8-5-9-15(12-14)19-16(17)11-10-13-6-3-2-4-7-13/h2-9,12H,1H3. The Morgan fingerprint density at radius 3 is 2.47 bits per heavy atom. The second-order valence-corrected chi connectivity index (χ2v) is 3.68. The number of hydrogen-bond donors (Lipinski definition) is 0. The van der Waals surface area contributed by atoms with E-state index >= 15 is 0 Å². The largest absolute Gasteiger partial charge is 0.497 e. The zero-order valence-corrected chi connectivity index (χ0v) is 10.4. The summed E-state index contributed by atoms with van der Waals surface area (Å²) in [6, 6.07) is 16.1. The highest BCUT2D eigenvalue weighted by Crippen LogP contribution is 2.18. The van der Waals surface area contributed by atoms with Crippen LogP contribution < -0.4 is 9.47 Å². The smallest absolute Gasteiger partial charge is 0.390 e. The van der Waals surface area contributed by atoms with Crippen LogP contribution in [-0.2, 0) is 4.79 Å². The summed E-state index contributed by atoms with van der Waals surface area (Å²) in [7, 11) is 1.55. The molecule has 0 heterocycles. The van der Waals surface area contributed by atoms with Crippen LogP contribution in [0.2, 0.25) is 0 Å². The Morgan fingerprint density at radius 2 is 1.74 bits per heavy atom. The normalized spacial score (nSPS) is 9.11. The molecule has 94 valence electrons. The second-order valence-electron chi connectivity index (χ2n) is 3.68. The Labute approximate surface area is 111 Å². The third-order valence-electron chi connectivity index (χ3n) is 2.33. The van der Waals surface area contributed by atoms with Crippen LogP contribution in [0.3, 0.4) is 0 Å². The molecule has 2 rings (SSSR count). The minimum atomic E-state index is -0.600. The molecule has 0 aliphatic rings. The average Bonchev–Trinajstić information content (AvgIpc) is 2.46. The van der Waals surface area contributed by atoms with E-state index in [2.05, 4.69) is 11.8 Å². The number of benzene rings is 2. The fourth-order valence-corrected chi connectivity index (χ4v) is 1.44. The van der Waals surface area contributed by atoms with E-state index in [0.717, 1.165) is 5.56 Å². The SMILES string of the molecule is COc1cccc(OC(=O)C#Cc2ccccc2)c1. The van der Waals surface area contributed by atoms with E-state index in [4.69, 9.17) is 9.47 Å². The van der Waals surface area contributed by atoms with Gasteiger partial charge in [0.05, 0.1) is 7.11 Å². The van der Waals surface area contributed by atoms with Crippen molar-refractivity contribution >= 4 is 5.97 Å². The van der Waals surface area contributed by atoms with Crippen LogP contribution in [0.5, 0.6) is 11.5 Å². The number of ether oxygens (including phenoxy) is 2. The quantitative estimate of drug-likeness (QED) is 0.468. The Kier molecular flexibility index (Phi) is 4.20. The molecule has 0 atom stereocenters. The first-order chi connectivity index (χ1) is 9.28. The van der Waals surface area contributed by atoms with Gasteiger partial charge in [-0.3, -0.25) is 0 Å². The Hall–Kier alpha value is -2.73. The first kappa shape index (κ1) is 12.7. The topological polar surface area (TPSA) is 35.5 Å². The average molecular weight is 252 g/mol. The summed E-state index contributed by atoms with van der Waals surface area (Å²) in [4.78, 5) is 11.5. The summed E-state index contributed by atoms with van der Waals surface area (Å²) in [6.45, 7) is 0. The zero-order chi connectivity index (χ0) is 13.5. The lowest BCUT2D eigenvalue weighted by molar-refractivity contribution is -0.128. The lowest BCUT2D eigenvalue weighted by Gasteiger charge is -2.02. The predicted octanol–water partition coefficient (Wildman–Crippen LogP) is 2.65. The van der Waals surface area contributed by atoms with Gasteiger partial charge >= 0.3 is 5.97 Å². The van der Waals surface area contributed by atoms with Crippen molar-refractivity contribution < 1.29 is 14.3 Å². The molecule has 0 unspecified atom stereocenters. The van der Waals surface area contributed by atoms with Crippen molar-refractivity contribution in [2.24, 2.45) is 0 Å². The predicted molar refractivity (Wildman–Crippen MR) is 71.9 cm³/mol. The Bertz CT molecular complexity index is 621. The van der Waals surface area contributed by atoms with Crippen LogP contribution >= 0.6 is 0 Å². The van der Waals surface area contributed by atoms with E-state index in [0.29, 0.717) is 11.5 Å². The molecular formula is C16H12O3. The highest BCUT2D eigenvalue weighted by Gasteiger charge is 2.01. The molecule has 0 aliphatic heterocycles. The number of hydrogen-bond acceptors (Lipinski definition) is 3. The third-order valence-corrected chi connectivity index (χ3v) is 2.33. The summed E-state index contributed by atoms with van der Waals surface area (Å²) in [5, 5.41) is 0. The highest BCUT2D eigenvalue weighted by molar-refractivity contribution is 5.90. The van der Waals surface area contributed by atoms with Crippen LogP contribution in [0.25, 0.3) is 0 Å². The van der Waals surface area contributed by atoms with Gasteiger partial charge in [0.15, 0.2) is 0 Å². The molecule has 0 saturated carbocycles. The van der Waals surface area contributed by atoms with Crippen LogP contribution in [0, 0.1) is 11.8 Å². The van der Waals surface area contributed by atoms with Crippen molar-refractivity contribution in [1.29, 1.82) is 0 Å². The fourth-order valence-electron chi connectivity index (χ4n) is 1.44. The number of rotatable bonds is 2. The van der Waals surface area contributed by atoms with E-state index < -0.39 is 5.97 Å². The molecular weight excluding hydrogens is 240 g/mol. The van der Waals surface area contributed by atoms with Crippen LogP contribution in [0.4, 0.5) is 0 Å². The molecule has 0 amide bonds. The lowest BCUT2D eigenvalue weighted by atomic mass is 10.2. The second kappa shape index (κ2) is 6.27. The van der Waals surface area contributed by atoms with E-state index in [1.807, 2.05) is 30.3 Å². The van der Waals surface area contributed by atoms with E-state index in [1.165, 1.54) is 0 Å². The molecule has 3 nitrogen and oxygen atoms in total. The van der Waals surface area contributed by atoms with E-state index in [1.54, 1.807) is 31.4 Å². The first-order valence-electron chi connectivity index (χ1n) is 5.71. The van der Waals surface area contributed by atoms with Crippen LogP contribution in [0.15, 0.2) is 54.6 Å². The van der Waals surface area contributed by atoms with Gasteiger partial charge in [-0.1, -0.05) is 30.2 Å². The minimum Gasteiger partial charge on any atom is -0.497 e. The summed E-state index contributed by atoms with van der Waals surface area (Å²) < 4.78 is 10.1. The molecule has 0 saturated heterocycles. The maximum absolute atomic E-state index is 11.5. The van der Waals surface area contributed by atoms with Gasteiger partial charge in [0.25, 0.3) is 0 Å². The van der Waals surface area contributed by atoms with Crippen molar-refractivity contribution in [3.8, 4) is 23.3 Å². The molecule has 0 fully saturated rings. The molecule has 0 N–H and O–H groups in total. The van der Waals surface area contributed by atoms with Crippen molar-refractivity contribution in [1.82, 2.24) is 0 Å². The van der Waals surface area contributed by atoms with Gasteiger partial charge in [-0.25, -0.2) is 4.79 Å². The summed E-state index contributed by atoms with van der Waals surface area (Å²) in [5.41, 5.74) is 0.769. The number of carbonyl (C=O) groups is 1. The highest BCUT2D eigenvalue weighted by atomic mass is 16.5. The van der Waals surface area contributed by atoms with Crippen LogP contribution in [0.1, 0.15) is 5.56 Å². The molecule has 0 radical (unpaired) electrons. The summed E-state index contributed by atoms with van der Waals surface area (Å²) >= 11 is 0. The molecule has 0 aromatic heterocycles. The first-order valence-corrected chi connectivity index (χ1v) is 5.71. The molecule has 0 bridgehead atoms. The zero-order valence-electron chi connectivity index (χ0n) is 10.4. The maximum atomic E-state index is 11.5. The van der Waals surface area contributed by atoms with Gasteiger partial charge < -0.3 is 9.47 Å². The Morgan fingerprint density at radius 1 is 1.00 bits per heavy atom. The molecule has 2 aromatic rings. The fraction of sp³-hybridized carbons (Fsp3) is 0.0625. The van der Waals surface area contributed by atoms with Gasteiger partial charge in [-0.05, 0) is 24.3 Å².